The highest BCUT2D eigenvalue weighted by molar-refractivity contribution is 5.95. The molecule has 0 fully saturated rings. The number of nitrogens with one attached hydrogen (secondary N) is 1. The Bertz CT molecular complexity index is 1000. The van der Waals surface area contributed by atoms with Gasteiger partial charge in [-0.25, -0.2) is 4.79 Å². The fraction of sp³-hybridized carbons (Fsp3) is 0.167. The Morgan fingerprint density at radius 1 is 0.839 bits per heavy atom. The van der Waals surface area contributed by atoms with E-state index in [1.54, 1.807) is 48.5 Å². The molecule has 1 N–H and O–H groups in total. The standard InChI is InChI=1S/C24H23NO6/c1-17(30-23(26)16-29-22-11-7-6-10-21(22)28-2)24(27)25-18-12-14-20(15-13-18)31-19-8-4-3-5-9-19/h3-15,17H,16H2,1-2H3,(H,25,27)/t17-/m1/s1. The number of anilines is 1. The fourth-order valence-electron chi connectivity index (χ4n) is 2.63. The predicted octanol–water partition coefficient (Wildman–Crippen LogP) is 4.44. The minimum Gasteiger partial charge on any atom is -0.493 e. The van der Waals surface area contributed by atoms with Gasteiger partial charge >= 0.3 is 5.97 Å². The maximum absolute atomic E-state index is 12.3. The second-order valence-corrected chi connectivity index (χ2v) is 6.50. The Labute approximate surface area is 180 Å². The van der Waals surface area contributed by atoms with Crippen molar-refractivity contribution in [3.63, 3.8) is 0 Å². The van der Waals surface area contributed by atoms with Gasteiger partial charge in [0.15, 0.2) is 24.2 Å². The lowest BCUT2D eigenvalue weighted by molar-refractivity contribution is -0.155. The van der Waals surface area contributed by atoms with Crippen molar-refractivity contribution < 1.29 is 28.5 Å². The number of benzene rings is 3. The first-order valence-electron chi connectivity index (χ1n) is 9.64. The number of carbonyl (C=O) groups excluding carboxylic acids is 2. The van der Waals surface area contributed by atoms with Gasteiger partial charge in [-0.15, -0.1) is 0 Å². The molecule has 0 saturated heterocycles. The van der Waals surface area contributed by atoms with Gasteiger partial charge in [-0.05, 0) is 55.5 Å². The van der Waals surface area contributed by atoms with Crippen LogP contribution in [0.5, 0.6) is 23.0 Å². The van der Waals surface area contributed by atoms with E-state index < -0.39 is 18.0 Å². The lowest BCUT2D eigenvalue weighted by Crippen LogP contribution is -2.31. The first-order chi connectivity index (χ1) is 15.0. The maximum atomic E-state index is 12.3. The summed E-state index contributed by atoms with van der Waals surface area (Å²) in [6.45, 7) is 1.15. The number of amides is 1. The SMILES string of the molecule is COc1ccccc1OCC(=O)O[C@H](C)C(=O)Nc1ccc(Oc2ccccc2)cc1. The van der Waals surface area contributed by atoms with Crippen LogP contribution in [-0.4, -0.2) is 31.7 Å². The molecule has 0 aliphatic rings. The number of carbonyl (C=O) groups is 2. The molecule has 0 saturated carbocycles. The van der Waals surface area contributed by atoms with Gasteiger partial charge in [0.25, 0.3) is 5.91 Å². The molecule has 0 aliphatic carbocycles. The summed E-state index contributed by atoms with van der Waals surface area (Å²) in [5.41, 5.74) is 0.554. The zero-order chi connectivity index (χ0) is 22.1. The van der Waals surface area contributed by atoms with Crippen LogP contribution in [0, 0.1) is 0 Å². The summed E-state index contributed by atoms with van der Waals surface area (Å²) in [6, 6.07) is 23.2. The Morgan fingerprint density at radius 3 is 2.13 bits per heavy atom. The number of methoxy groups -OCH3 is 1. The third-order valence-corrected chi connectivity index (χ3v) is 4.19. The second-order valence-electron chi connectivity index (χ2n) is 6.50. The van der Waals surface area contributed by atoms with Gasteiger partial charge in [-0.1, -0.05) is 30.3 Å². The van der Waals surface area contributed by atoms with Crippen LogP contribution in [0.15, 0.2) is 78.9 Å². The number of para-hydroxylation sites is 3. The normalized spacial score (nSPS) is 11.2. The predicted molar refractivity (Wildman–Crippen MR) is 116 cm³/mol. The fourth-order valence-corrected chi connectivity index (χ4v) is 2.63. The van der Waals surface area contributed by atoms with Gasteiger partial charge in [0.05, 0.1) is 7.11 Å². The summed E-state index contributed by atoms with van der Waals surface area (Å²) >= 11 is 0. The van der Waals surface area contributed by atoms with E-state index in [1.165, 1.54) is 14.0 Å². The zero-order valence-electron chi connectivity index (χ0n) is 17.2. The highest BCUT2D eigenvalue weighted by atomic mass is 16.6. The largest absolute Gasteiger partial charge is 0.493 e. The summed E-state index contributed by atoms with van der Waals surface area (Å²) < 4.78 is 21.4. The van der Waals surface area contributed by atoms with E-state index in [9.17, 15) is 9.59 Å². The summed E-state index contributed by atoms with van der Waals surface area (Å²) in [5, 5.41) is 2.70. The summed E-state index contributed by atoms with van der Waals surface area (Å²) in [4.78, 5) is 24.3. The molecule has 1 amide bonds. The second kappa shape index (κ2) is 10.7. The number of hydrogen-bond acceptors (Lipinski definition) is 6. The third-order valence-electron chi connectivity index (χ3n) is 4.19. The van der Waals surface area contributed by atoms with Crippen LogP contribution >= 0.6 is 0 Å². The smallest absolute Gasteiger partial charge is 0.344 e. The Kier molecular flexibility index (Phi) is 7.48. The van der Waals surface area contributed by atoms with E-state index in [2.05, 4.69) is 5.32 Å². The van der Waals surface area contributed by atoms with E-state index in [-0.39, 0.29) is 6.61 Å². The summed E-state index contributed by atoms with van der Waals surface area (Å²) in [7, 11) is 1.51. The molecule has 31 heavy (non-hydrogen) atoms. The number of ether oxygens (including phenoxy) is 4. The molecular formula is C24H23NO6. The molecule has 3 aromatic rings. The summed E-state index contributed by atoms with van der Waals surface area (Å²) in [6.07, 6.45) is -0.992. The molecule has 7 nitrogen and oxygen atoms in total. The average Bonchev–Trinajstić information content (AvgIpc) is 2.79. The highest BCUT2D eigenvalue weighted by Gasteiger charge is 2.19. The van der Waals surface area contributed by atoms with Crippen LogP contribution in [0.4, 0.5) is 5.69 Å². The lowest BCUT2D eigenvalue weighted by atomic mass is 10.2. The van der Waals surface area contributed by atoms with E-state index in [4.69, 9.17) is 18.9 Å². The number of hydrogen-bond donors (Lipinski definition) is 1. The van der Waals surface area contributed by atoms with Crippen LogP contribution < -0.4 is 19.5 Å². The molecule has 0 heterocycles. The van der Waals surface area contributed by atoms with Crippen molar-refractivity contribution in [2.45, 2.75) is 13.0 Å². The van der Waals surface area contributed by atoms with Gasteiger partial charge in [0, 0.05) is 5.69 Å². The molecule has 0 aliphatic heterocycles. The van der Waals surface area contributed by atoms with Crippen molar-refractivity contribution >= 4 is 17.6 Å². The molecule has 0 spiro atoms. The van der Waals surface area contributed by atoms with Crippen molar-refractivity contribution in [2.24, 2.45) is 0 Å². The van der Waals surface area contributed by atoms with Crippen molar-refractivity contribution in [3.8, 4) is 23.0 Å². The molecule has 0 bridgehead atoms. The monoisotopic (exact) mass is 421 g/mol. The van der Waals surface area contributed by atoms with E-state index in [0.29, 0.717) is 22.9 Å². The Morgan fingerprint density at radius 2 is 1.45 bits per heavy atom. The quantitative estimate of drug-likeness (QED) is 0.515. The Hall–Kier alpha value is -4.00. The molecule has 1 atom stereocenters. The maximum Gasteiger partial charge on any atom is 0.344 e. The van der Waals surface area contributed by atoms with Crippen LogP contribution in [0.3, 0.4) is 0 Å². The average molecular weight is 421 g/mol. The molecule has 3 rings (SSSR count). The first-order valence-corrected chi connectivity index (χ1v) is 9.64. The molecular weight excluding hydrogens is 398 g/mol. The molecule has 0 unspecified atom stereocenters. The molecule has 160 valence electrons. The molecule has 7 heteroatoms. The topological polar surface area (TPSA) is 83.1 Å². The van der Waals surface area contributed by atoms with E-state index in [1.807, 2.05) is 30.3 Å². The van der Waals surface area contributed by atoms with Crippen LogP contribution in [0.2, 0.25) is 0 Å². The molecule has 0 radical (unpaired) electrons. The van der Waals surface area contributed by atoms with Gasteiger partial charge in [-0.3, -0.25) is 4.79 Å². The Balaban J connectivity index is 1.46. The van der Waals surface area contributed by atoms with Crippen molar-refractivity contribution in [2.75, 3.05) is 19.0 Å². The van der Waals surface area contributed by atoms with Crippen molar-refractivity contribution in [1.82, 2.24) is 0 Å². The number of esters is 1. The van der Waals surface area contributed by atoms with Crippen molar-refractivity contribution in [1.29, 1.82) is 0 Å². The van der Waals surface area contributed by atoms with Gasteiger partial charge < -0.3 is 24.3 Å². The van der Waals surface area contributed by atoms with Gasteiger partial charge in [0.1, 0.15) is 11.5 Å². The highest BCUT2D eigenvalue weighted by Crippen LogP contribution is 2.26. The van der Waals surface area contributed by atoms with Crippen LogP contribution in [-0.2, 0) is 14.3 Å². The third kappa shape index (κ3) is 6.50. The minimum atomic E-state index is -0.992. The van der Waals surface area contributed by atoms with E-state index >= 15 is 0 Å². The summed E-state index contributed by atoms with van der Waals surface area (Å²) in [5.74, 6) is 1.15. The first kappa shape index (κ1) is 21.7. The minimum absolute atomic E-state index is 0.344. The van der Waals surface area contributed by atoms with Gasteiger partial charge in [0.2, 0.25) is 0 Å². The lowest BCUT2D eigenvalue weighted by Gasteiger charge is -2.15. The molecule has 0 aromatic heterocycles. The van der Waals surface area contributed by atoms with E-state index in [0.717, 1.165) is 5.75 Å². The zero-order valence-corrected chi connectivity index (χ0v) is 17.2. The van der Waals surface area contributed by atoms with Crippen LogP contribution in [0.25, 0.3) is 0 Å². The van der Waals surface area contributed by atoms with Gasteiger partial charge in [-0.2, -0.15) is 0 Å². The van der Waals surface area contributed by atoms with Crippen LogP contribution in [0.1, 0.15) is 6.92 Å². The van der Waals surface area contributed by atoms with Crippen molar-refractivity contribution in [3.05, 3.63) is 78.9 Å². The molecule has 3 aromatic carbocycles. The number of rotatable bonds is 9.